The van der Waals surface area contributed by atoms with Crippen LogP contribution in [0.25, 0.3) is 10.9 Å². The molecule has 1 fully saturated rings. The van der Waals surface area contributed by atoms with Gasteiger partial charge in [0.05, 0.1) is 16.7 Å². The van der Waals surface area contributed by atoms with Gasteiger partial charge in [0.25, 0.3) is 5.56 Å². The van der Waals surface area contributed by atoms with E-state index in [1.807, 2.05) is 25.1 Å². The van der Waals surface area contributed by atoms with Gasteiger partial charge in [0.15, 0.2) is 5.16 Å². The Bertz CT molecular complexity index is 798. The molecule has 0 radical (unpaired) electrons. The zero-order valence-corrected chi connectivity index (χ0v) is 14.9. The third-order valence-corrected chi connectivity index (χ3v) is 5.30. The highest BCUT2D eigenvalue weighted by atomic mass is 32.2. The molecule has 1 N–H and O–H groups in total. The van der Waals surface area contributed by atoms with E-state index in [0.717, 1.165) is 6.42 Å². The first kappa shape index (κ1) is 17.0. The van der Waals surface area contributed by atoms with Crippen molar-refractivity contribution in [2.75, 3.05) is 5.75 Å². The molecule has 0 bridgehead atoms. The van der Waals surface area contributed by atoms with Crippen LogP contribution < -0.4 is 10.9 Å². The van der Waals surface area contributed by atoms with Crippen LogP contribution in [0.3, 0.4) is 0 Å². The van der Waals surface area contributed by atoms with Crippen molar-refractivity contribution in [2.45, 2.75) is 50.9 Å². The predicted molar refractivity (Wildman–Crippen MR) is 97.3 cm³/mol. The molecule has 2 aromatic rings. The summed E-state index contributed by atoms with van der Waals surface area (Å²) in [5.74, 6) is 0.923. The molecule has 0 aliphatic heterocycles. The molecule has 0 saturated heterocycles. The second-order valence-electron chi connectivity index (χ2n) is 6.35. The van der Waals surface area contributed by atoms with Gasteiger partial charge in [0.1, 0.15) is 0 Å². The quantitative estimate of drug-likeness (QED) is 0.619. The van der Waals surface area contributed by atoms with E-state index in [1.54, 1.807) is 10.6 Å². The fourth-order valence-corrected chi connectivity index (χ4v) is 3.65. The van der Waals surface area contributed by atoms with Gasteiger partial charge < -0.3 is 5.32 Å². The van der Waals surface area contributed by atoms with Crippen molar-refractivity contribution in [3.8, 4) is 0 Å². The Morgan fingerprint density at radius 2 is 2.17 bits per heavy atom. The summed E-state index contributed by atoms with van der Waals surface area (Å²) in [4.78, 5) is 29.4. The fraction of sp³-hybridized carbons (Fsp3) is 0.500. The second-order valence-corrected chi connectivity index (χ2v) is 7.29. The number of amides is 1. The van der Waals surface area contributed by atoms with Crippen molar-refractivity contribution < 1.29 is 4.79 Å². The van der Waals surface area contributed by atoms with E-state index in [2.05, 4.69) is 17.2 Å². The maximum Gasteiger partial charge on any atom is 0.262 e. The lowest BCUT2D eigenvalue weighted by molar-refractivity contribution is -0.119. The Hall–Kier alpha value is -1.82. The Morgan fingerprint density at radius 3 is 2.88 bits per heavy atom. The average Bonchev–Trinajstić information content (AvgIpc) is 3.41. The molecule has 1 heterocycles. The molecule has 0 spiro atoms. The molecule has 1 amide bonds. The molecule has 1 aliphatic rings. The van der Waals surface area contributed by atoms with Crippen LogP contribution in [0.1, 0.15) is 33.1 Å². The first-order valence-electron chi connectivity index (χ1n) is 8.52. The summed E-state index contributed by atoms with van der Waals surface area (Å²) in [7, 11) is 0. The molecule has 3 rings (SSSR count). The number of carbonyl (C=O) groups is 1. The molecule has 5 nitrogen and oxygen atoms in total. The molecule has 1 aromatic heterocycles. The number of para-hydroxylation sites is 1. The number of aromatic nitrogens is 2. The smallest absolute Gasteiger partial charge is 0.262 e. The summed E-state index contributed by atoms with van der Waals surface area (Å²) in [5.41, 5.74) is 0.654. The van der Waals surface area contributed by atoms with E-state index >= 15 is 0 Å². The normalized spacial score (nSPS) is 15.4. The van der Waals surface area contributed by atoms with Crippen LogP contribution in [-0.4, -0.2) is 27.3 Å². The lowest BCUT2D eigenvalue weighted by Crippen LogP contribution is -2.35. The van der Waals surface area contributed by atoms with Crippen LogP contribution >= 0.6 is 11.8 Å². The number of hydrogen-bond acceptors (Lipinski definition) is 4. The third-order valence-electron chi connectivity index (χ3n) is 4.32. The molecule has 1 saturated carbocycles. The Kier molecular flexibility index (Phi) is 5.23. The molecule has 0 unspecified atom stereocenters. The monoisotopic (exact) mass is 345 g/mol. The van der Waals surface area contributed by atoms with Crippen LogP contribution in [0.15, 0.2) is 34.2 Å². The number of rotatable bonds is 7. The lowest BCUT2D eigenvalue weighted by atomic mass is 10.2. The topological polar surface area (TPSA) is 64.0 Å². The molecule has 1 aliphatic carbocycles. The van der Waals surface area contributed by atoms with Gasteiger partial charge in [-0.05, 0) is 44.2 Å². The highest BCUT2D eigenvalue weighted by molar-refractivity contribution is 7.99. The maximum atomic E-state index is 12.7. The molecule has 1 atom stereocenters. The molecule has 24 heavy (non-hydrogen) atoms. The van der Waals surface area contributed by atoms with Gasteiger partial charge in [-0.3, -0.25) is 14.2 Å². The van der Waals surface area contributed by atoms with Crippen LogP contribution in [0, 0.1) is 5.92 Å². The van der Waals surface area contributed by atoms with Gasteiger partial charge in [-0.1, -0.05) is 30.8 Å². The lowest BCUT2D eigenvalue weighted by Gasteiger charge is -2.14. The fourth-order valence-electron chi connectivity index (χ4n) is 2.82. The van der Waals surface area contributed by atoms with Gasteiger partial charge in [0.2, 0.25) is 5.91 Å². The predicted octanol–water partition coefficient (Wildman–Crippen LogP) is 2.81. The Balaban J connectivity index is 1.78. The van der Waals surface area contributed by atoms with Crippen molar-refractivity contribution in [1.82, 2.24) is 14.9 Å². The van der Waals surface area contributed by atoms with E-state index in [-0.39, 0.29) is 23.3 Å². The number of hydrogen-bond donors (Lipinski definition) is 1. The van der Waals surface area contributed by atoms with E-state index in [4.69, 9.17) is 0 Å². The second kappa shape index (κ2) is 7.38. The third kappa shape index (κ3) is 3.80. The van der Waals surface area contributed by atoms with Crippen molar-refractivity contribution in [1.29, 1.82) is 0 Å². The van der Waals surface area contributed by atoms with Gasteiger partial charge >= 0.3 is 0 Å². The molecule has 128 valence electrons. The standard InChI is InChI=1S/C18H23N3O2S/c1-3-10-21-17(23)14-6-4-5-7-15(14)20-18(21)24-11-16(22)19-12(2)13-8-9-13/h4-7,12-13H,3,8-11H2,1-2H3,(H,19,22)/t12-/m1/s1. The highest BCUT2D eigenvalue weighted by Crippen LogP contribution is 2.32. The van der Waals surface area contributed by atoms with E-state index < -0.39 is 0 Å². The van der Waals surface area contributed by atoms with Gasteiger partial charge in [0, 0.05) is 12.6 Å². The molecular formula is C18H23N3O2S. The Morgan fingerprint density at radius 1 is 1.42 bits per heavy atom. The van der Waals surface area contributed by atoms with Crippen LogP contribution in [0.4, 0.5) is 0 Å². The number of fused-ring (bicyclic) bond motifs is 1. The van der Waals surface area contributed by atoms with Gasteiger partial charge in [-0.25, -0.2) is 4.98 Å². The number of carbonyl (C=O) groups excluding carboxylic acids is 1. The molecule has 1 aromatic carbocycles. The summed E-state index contributed by atoms with van der Waals surface area (Å²) in [5, 5.41) is 4.29. The van der Waals surface area contributed by atoms with E-state index in [1.165, 1.54) is 24.6 Å². The summed E-state index contributed by atoms with van der Waals surface area (Å²) in [6.45, 7) is 4.70. The van der Waals surface area contributed by atoms with Crippen LogP contribution in [0.5, 0.6) is 0 Å². The largest absolute Gasteiger partial charge is 0.353 e. The van der Waals surface area contributed by atoms with Crippen LogP contribution in [0.2, 0.25) is 0 Å². The Labute approximate surface area is 145 Å². The SMILES string of the molecule is CCCn1c(SCC(=O)N[C@H](C)C2CC2)nc2ccccc2c1=O. The number of nitrogens with one attached hydrogen (secondary N) is 1. The number of benzene rings is 1. The molecule has 6 heteroatoms. The zero-order valence-electron chi connectivity index (χ0n) is 14.1. The van der Waals surface area contributed by atoms with Gasteiger partial charge in [-0.2, -0.15) is 0 Å². The van der Waals surface area contributed by atoms with Crippen LogP contribution in [-0.2, 0) is 11.3 Å². The van der Waals surface area contributed by atoms with Crippen molar-refractivity contribution in [3.05, 3.63) is 34.6 Å². The minimum atomic E-state index is -0.0308. The zero-order chi connectivity index (χ0) is 17.1. The summed E-state index contributed by atoms with van der Waals surface area (Å²) in [6.07, 6.45) is 3.26. The summed E-state index contributed by atoms with van der Waals surface area (Å²) < 4.78 is 1.69. The summed E-state index contributed by atoms with van der Waals surface area (Å²) >= 11 is 1.34. The van der Waals surface area contributed by atoms with Crippen molar-refractivity contribution in [3.63, 3.8) is 0 Å². The summed E-state index contributed by atoms with van der Waals surface area (Å²) in [6, 6.07) is 7.60. The number of nitrogens with zero attached hydrogens (tertiary/aromatic N) is 2. The average molecular weight is 345 g/mol. The number of thioether (sulfide) groups is 1. The first-order chi connectivity index (χ1) is 11.6. The van der Waals surface area contributed by atoms with Crippen molar-refractivity contribution >= 4 is 28.6 Å². The minimum Gasteiger partial charge on any atom is -0.353 e. The minimum absolute atomic E-state index is 0.00450. The van der Waals surface area contributed by atoms with E-state index in [0.29, 0.717) is 28.5 Å². The van der Waals surface area contributed by atoms with E-state index in [9.17, 15) is 9.59 Å². The van der Waals surface area contributed by atoms with Crippen molar-refractivity contribution in [2.24, 2.45) is 5.92 Å². The first-order valence-corrected chi connectivity index (χ1v) is 9.50. The maximum absolute atomic E-state index is 12.7. The highest BCUT2D eigenvalue weighted by Gasteiger charge is 2.28. The van der Waals surface area contributed by atoms with Gasteiger partial charge in [-0.15, -0.1) is 0 Å². The molecular weight excluding hydrogens is 322 g/mol.